The number of hydrogen-bond donors (Lipinski definition) is 1. The fraction of sp³-hybridized carbons (Fsp3) is 0.647. The van der Waals surface area contributed by atoms with Gasteiger partial charge in [0.05, 0.1) is 18.2 Å². The lowest BCUT2D eigenvalue weighted by Crippen LogP contribution is -2.23. The summed E-state index contributed by atoms with van der Waals surface area (Å²) >= 11 is 6.32. The van der Waals surface area contributed by atoms with Crippen molar-refractivity contribution in [3.63, 3.8) is 0 Å². The second-order valence-corrected chi connectivity index (χ2v) is 6.72. The van der Waals surface area contributed by atoms with Gasteiger partial charge in [-0.05, 0) is 42.4 Å². The largest absolute Gasteiger partial charge is 0.489 e. The van der Waals surface area contributed by atoms with Gasteiger partial charge in [-0.1, -0.05) is 24.9 Å². The first-order chi connectivity index (χ1) is 10.2. The Balaban J connectivity index is 1.61. The van der Waals surface area contributed by atoms with Crippen LogP contribution in [0.25, 0.3) is 0 Å². The lowest BCUT2D eigenvalue weighted by molar-refractivity contribution is 0.297. The van der Waals surface area contributed by atoms with Crippen LogP contribution in [-0.2, 0) is 6.54 Å². The highest BCUT2D eigenvalue weighted by molar-refractivity contribution is 6.32. The quantitative estimate of drug-likeness (QED) is 0.855. The molecule has 1 aromatic carbocycles. The molecule has 21 heavy (non-hydrogen) atoms. The second-order valence-electron chi connectivity index (χ2n) is 6.31. The van der Waals surface area contributed by atoms with Crippen molar-refractivity contribution >= 4 is 11.6 Å². The van der Waals surface area contributed by atoms with Crippen molar-refractivity contribution in [2.24, 2.45) is 5.41 Å². The van der Waals surface area contributed by atoms with E-state index in [4.69, 9.17) is 21.1 Å². The lowest BCUT2D eigenvalue weighted by Gasteiger charge is -2.16. The Kier molecular flexibility index (Phi) is 4.60. The van der Waals surface area contributed by atoms with E-state index >= 15 is 0 Å². The number of benzene rings is 1. The minimum Gasteiger partial charge on any atom is -0.489 e. The highest BCUT2D eigenvalue weighted by atomic mass is 35.5. The Labute approximate surface area is 132 Å². The van der Waals surface area contributed by atoms with Gasteiger partial charge in [0.25, 0.3) is 0 Å². The number of rotatable bonds is 6. The van der Waals surface area contributed by atoms with Crippen molar-refractivity contribution in [3.8, 4) is 11.5 Å². The second kappa shape index (κ2) is 6.45. The van der Waals surface area contributed by atoms with Gasteiger partial charge in [-0.3, -0.25) is 0 Å². The van der Waals surface area contributed by atoms with Crippen LogP contribution in [-0.4, -0.2) is 19.8 Å². The third-order valence-electron chi connectivity index (χ3n) is 4.43. The van der Waals surface area contributed by atoms with E-state index in [1.165, 1.54) is 25.7 Å². The molecule has 0 unspecified atom stereocenters. The number of halogens is 1. The number of hydrogen-bond acceptors (Lipinski definition) is 3. The molecule has 1 saturated carbocycles. The number of fused-ring (bicyclic) bond motifs is 1. The smallest absolute Gasteiger partial charge is 0.179 e. The van der Waals surface area contributed by atoms with Crippen LogP contribution >= 0.6 is 11.6 Å². The fourth-order valence-electron chi connectivity index (χ4n) is 3.08. The SMILES string of the molecule is CCCC1(CNCc2cc(Cl)c3c(c2)OCCCO3)CC1. The molecule has 116 valence electrons. The van der Waals surface area contributed by atoms with Gasteiger partial charge >= 0.3 is 0 Å². The summed E-state index contributed by atoms with van der Waals surface area (Å²) < 4.78 is 11.4. The molecule has 1 N–H and O–H groups in total. The van der Waals surface area contributed by atoms with E-state index in [-0.39, 0.29) is 0 Å². The molecule has 1 aromatic rings. The first-order valence-corrected chi connectivity index (χ1v) is 8.39. The standard InChI is InChI=1S/C17H24ClNO2/c1-2-4-17(5-6-17)12-19-11-13-9-14(18)16-15(10-13)20-7-3-8-21-16/h9-10,19H,2-8,11-12H2,1H3. The maximum Gasteiger partial charge on any atom is 0.179 e. The van der Waals surface area contributed by atoms with Crippen LogP contribution in [0.15, 0.2) is 12.1 Å². The van der Waals surface area contributed by atoms with Gasteiger partial charge in [-0.15, -0.1) is 0 Å². The average Bonchev–Trinajstić information content (AvgIpc) is 3.23. The van der Waals surface area contributed by atoms with Crippen LogP contribution in [0.5, 0.6) is 11.5 Å². The minimum atomic E-state index is 0.573. The molecule has 1 aliphatic carbocycles. The average molecular weight is 310 g/mol. The Bertz CT molecular complexity index is 500. The van der Waals surface area contributed by atoms with Gasteiger partial charge in [0.2, 0.25) is 0 Å². The van der Waals surface area contributed by atoms with E-state index in [9.17, 15) is 0 Å². The van der Waals surface area contributed by atoms with Crippen molar-refractivity contribution in [2.45, 2.75) is 45.6 Å². The molecule has 3 rings (SSSR count). The molecular weight excluding hydrogens is 286 g/mol. The zero-order chi connectivity index (χ0) is 14.7. The molecule has 2 aliphatic rings. The van der Waals surface area contributed by atoms with Crippen LogP contribution < -0.4 is 14.8 Å². The van der Waals surface area contributed by atoms with E-state index in [2.05, 4.69) is 18.3 Å². The fourth-order valence-corrected chi connectivity index (χ4v) is 3.37. The molecular formula is C17H24ClNO2. The van der Waals surface area contributed by atoms with E-state index < -0.39 is 0 Å². The zero-order valence-corrected chi connectivity index (χ0v) is 13.5. The highest BCUT2D eigenvalue weighted by Crippen LogP contribution is 2.49. The van der Waals surface area contributed by atoms with Gasteiger partial charge in [-0.2, -0.15) is 0 Å². The summed E-state index contributed by atoms with van der Waals surface area (Å²) in [6.07, 6.45) is 6.25. The van der Waals surface area contributed by atoms with Crippen LogP contribution in [0.1, 0.15) is 44.6 Å². The van der Waals surface area contributed by atoms with Crippen LogP contribution in [0, 0.1) is 5.41 Å². The first-order valence-electron chi connectivity index (χ1n) is 8.01. The molecule has 1 fully saturated rings. The molecule has 0 atom stereocenters. The molecule has 0 aromatic heterocycles. The Hall–Kier alpha value is -0.930. The molecule has 0 amide bonds. The van der Waals surface area contributed by atoms with Crippen molar-refractivity contribution in [1.82, 2.24) is 5.32 Å². The maximum atomic E-state index is 6.32. The lowest BCUT2D eigenvalue weighted by atomic mass is 10.0. The summed E-state index contributed by atoms with van der Waals surface area (Å²) in [5.74, 6) is 1.48. The normalized spacial score (nSPS) is 19.1. The van der Waals surface area contributed by atoms with E-state index in [1.807, 2.05) is 6.07 Å². The van der Waals surface area contributed by atoms with E-state index in [1.54, 1.807) is 0 Å². The molecule has 0 spiro atoms. The third kappa shape index (κ3) is 3.64. The van der Waals surface area contributed by atoms with E-state index in [0.29, 0.717) is 29.4 Å². The van der Waals surface area contributed by atoms with Gasteiger partial charge in [0, 0.05) is 19.5 Å². The summed E-state index contributed by atoms with van der Waals surface area (Å²) in [5.41, 5.74) is 1.74. The Morgan fingerprint density at radius 2 is 2.05 bits per heavy atom. The highest BCUT2D eigenvalue weighted by Gasteiger charge is 2.40. The molecule has 0 saturated heterocycles. The van der Waals surface area contributed by atoms with Crippen LogP contribution in [0.3, 0.4) is 0 Å². The van der Waals surface area contributed by atoms with Crippen molar-refractivity contribution < 1.29 is 9.47 Å². The molecule has 1 heterocycles. The van der Waals surface area contributed by atoms with Gasteiger partial charge < -0.3 is 14.8 Å². The molecule has 3 nitrogen and oxygen atoms in total. The van der Waals surface area contributed by atoms with Crippen molar-refractivity contribution in [3.05, 3.63) is 22.7 Å². The molecule has 1 aliphatic heterocycles. The van der Waals surface area contributed by atoms with Gasteiger partial charge in [-0.25, -0.2) is 0 Å². The first kappa shape index (κ1) is 15.0. The number of nitrogens with one attached hydrogen (secondary N) is 1. The molecule has 4 heteroatoms. The summed E-state index contributed by atoms with van der Waals surface area (Å²) in [5, 5.41) is 4.24. The van der Waals surface area contributed by atoms with Crippen LogP contribution in [0.4, 0.5) is 0 Å². The summed E-state index contributed by atoms with van der Waals surface area (Å²) in [6.45, 7) is 5.57. The summed E-state index contributed by atoms with van der Waals surface area (Å²) in [6, 6.07) is 4.04. The van der Waals surface area contributed by atoms with Crippen molar-refractivity contribution in [2.75, 3.05) is 19.8 Å². The predicted molar refractivity (Wildman–Crippen MR) is 85.3 cm³/mol. The minimum absolute atomic E-state index is 0.573. The zero-order valence-electron chi connectivity index (χ0n) is 12.7. The maximum absolute atomic E-state index is 6.32. The van der Waals surface area contributed by atoms with E-state index in [0.717, 1.165) is 30.8 Å². The summed E-state index contributed by atoms with van der Waals surface area (Å²) in [7, 11) is 0. The Morgan fingerprint density at radius 1 is 1.24 bits per heavy atom. The topological polar surface area (TPSA) is 30.5 Å². The van der Waals surface area contributed by atoms with Crippen LogP contribution in [0.2, 0.25) is 5.02 Å². The predicted octanol–water partition coefficient (Wildman–Crippen LogP) is 4.17. The summed E-state index contributed by atoms with van der Waals surface area (Å²) in [4.78, 5) is 0. The molecule has 0 radical (unpaired) electrons. The van der Waals surface area contributed by atoms with Crippen molar-refractivity contribution in [1.29, 1.82) is 0 Å². The molecule has 0 bridgehead atoms. The van der Waals surface area contributed by atoms with Gasteiger partial charge in [0.1, 0.15) is 0 Å². The number of ether oxygens (including phenoxy) is 2. The monoisotopic (exact) mass is 309 g/mol. The third-order valence-corrected chi connectivity index (χ3v) is 4.71. The van der Waals surface area contributed by atoms with Gasteiger partial charge in [0.15, 0.2) is 11.5 Å². The Morgan fingerprint density at radius 3 is 2.81 bits per heavy atom.